The van der Waals surface area contributed by atoms with Gasteiger partial charge in [0.2, 0.25) is 0 Å². The van der Waals surface area contributed by atoms with E-state index in [9.17, 15) is 9.59 Å². The van der Waals surface area contributed by atoms with Gasteiger partial charge >= 0.3 is 0 Å². The molecule has 4 rings (SSSR count). The van der Waals surface area contributed by atoms with Crippen molar-refractivity contribution in [2.24, 2.45) is 0 Å². The van der Waals surface area contributed by atoms with Gasteiger partial charge < -0.3 is 14.4 Å². The lowest BCUT2D eigenvalue weighted by Crippen LogP contribution is -2.38. The van der Waals surface area contributed by atoms with E-state index in [0.717, 1.165) is 43.7 Å². The van der Waals surface area contributed by atoms with E-state index in [1.54, 1.807) is 14.2 Å². The molecule has 1 fully saturated rings. The number of piperidine rings is 1. The monoisotopic (exact) mass is 420 g/mol. The van der Waals surface area contributed by atoms with Gasteiger partial charge in [-0.1, -0.05) is 30.3 Å². The molecule has 2 aromatic carbocycles. The molecule has 2 aliphatic heterocycles. The number of ether oxygens (including phenoxy) is 2. The van der Waals surface area contributed by atoms with Crippen LogP contribution in [0.4, 0.5) is 0 Å². The van der Waals surface area contributed by atoms with Gasteiger partial charge in [-0.3, -0.25) is 14.5 Å². The molecule has 6 heteroatoms. The van der Waals surface area contributed by atoms with Crippen molar-refractivity contribution in [2.75, 3.05) is 33.9 Å². The molecule has 0 aliphatic carbocycles. The van der Waals surface area contributed by atoms with Crippen LogP contribution in [0.1, 0.15) is 30.4 Å². The Balaban J connectivity index is 1.64. The minimum absolute atomic E-state index is 0.207. The molecule has 0 bridgehead atoms. The molecule has 2 heterocycles. The molecule has 2 aromatic rings. The number of imide groups is 1. The lowest BCUT2D eigenvalue weighted by atomic mass is 10.0. The fourth-order valence-corrected chi connectivity index (χ4v) is 4.30. The Bertz CT molecular complexity index is 991. The molecule has 2 aliphatic rings. The zero-order valence-corrected chi connectivity index (χ0v) is 18.1. The maximum Gasteiger partial charge on any atom is 0.277 e. The molecule has 0 saturated carbocycles. The molecule has 0 spiro atoms. The Labute approximate surface area is 183 Å². The number of nitrogens with zero attached hydrogens (tertiary/aromatic N) is 2. The highest BCUT2D eigenvalue weighted by Gasteiger charge is 2.42. The average molecular weight is 421 g/mol. The molecule has 2 amide bonds. The number of likely N-dealkylation sites (tertiary alicyclic amines) is 1. The Kier molecular flexibility index (Phi) is 6.26. The van der Waals surface area contributed by atoms with Crippen molar-refractivity contribution < 1.29 is 19.1 Å². The molecule has 31 heavy (non-hydrogen) atoms. The van der Waals surface area contributed by atoms with Gasteiger partial charge in [0.25, 0.3) is 11.8 Å². The maximum absolute atomic E-state index is 13.5. The van der Waals surface area contributed by atoms with Gasteiger partial charge in [-0.05, 0) is 49.4 Å². The first-order valence-electron chi connectivity index (χ1n) is 10.8. The van der Waals surface area contributed by atoms with Crippen molar-refractivity contribution in [3.05, 3.63) is 65.4 Å². The number of para-hydroxylation sites is 1. The molecule has 1 saturated heterocycles. The van der Waals surface area contributed by atoms with Crippen LogP contribution in [-0.4, -0.2) is 55.5 Å². The minimum Gasteiger partial charge on any atom is -0.497 e. The van der Waals surface area contributed by atoms with Gasteiger partial charge in [-0.25, -0.2) is 0 Å². The number of amides is 2. The Hall–Kier alpha value is -3.28. The molecule has 162 valence electrons. The van der Waals surface area contributed by atoms with Gasteiger partial charge in [-0.2, -0.15) is 0 Å². The van der Waals surface area contributed by atoms with Crippen LogP contribution < -0.4 is 9.47 Å². The van der Waals surface area contributed by atoms with Crippen LogP contribution in [0, 0.1) is 0 Å². The summed E-state index contributed by atoms with van der Waals surface area (Å²) in [6.07, 6.45) is 3.79. The molecule has 0 N–H and O–H groups in total. The average Bonchev–Trinajstić information content (AvgIpc) is 3.07. The first-order chi connectivity index (χ1) is 15.1. The standard InChI is InChI=1S/C25H28N2O4/c1-30-19-12-10-18(11-13-19)14-17-27-24(28)22(20-8-4-5-9-21(20)31-2)23(25(27)29)26-15-6-3-7-16-26/h4-5,8-13H,3,6-7,14-17H2,1-2H3. The van der Waals surface area contributed by atoms with Gasteiger partial charge in [0, 0.05) is 25.2 Å². The SMILES string of the molecule is COc1ccc(CCN2C(=O)C(c3ccccc3OC)=C(N3CCCCC3)C2=O)cc1. The van der Waals surface area contributed by atoms with E-state index < -0.39 is 0 Å². The number of hydrogen-bond acceptors (Lipinski definition) is 5. The summed E-state index contributed by atoms with van der Waals surface area (Å²) in [6, 6.07) is 15.1. The zero-order valence-electron chi connectivity index (χ0n) is 18.1. The quantitative estimate of drug-likeness (QED) is 0.642. The number of benzene rings is 2. The van der Waals surface area contributed by atoms with E-state index in [1.807, 2.05) is 48.5 Å². The molecule has 6 nitrogen and oxygen atoms in total. The smallest absolute Gasteiger partial charge is 0.277 e. The van der Waals surface area contributed by atoms with Crippen LogP contribution in [-0.2, 0) is 16.0 Å². The first kappa shape index (κ1) is 21.0. The van der Waals surface area contributed by atoms with E-state index in [2.05, 4.69) is 4.90 Å². The summed E-state index contributed by atoms with van der Waals surface area (Å²) in [5.41, 5.74) is 2.70. The van der Waals surface area contributed by atoms with E-state index in [0.29, 0.717) is 35.5 Å². The maximum atomic E-state index is 13.5. The summed E-state index contributed by atoms with van der Waals surface area (Å²) in [4.78, 5) is 30.4. The Morgan fingerprint density at radius 1 is 0.839 bits per heavy atom. The number of methoxy groups -OCH3 is 2. The molecular weight excluding hydrogens is 392 g/mol. The summed E-state index contributed by atoms with van der Waals surface area (Å²) in [5, 5.41) is 0. The van der Waals surface area contributed by atoms with E-state index in [-0.39, 0.29) is 11.8 Å². The van der Waals surface area contributed by atoms with Crippen LogP contribution in [0.5, 0.6) is 11.5 Å². The second-order valence-corrected chi connectivity index (χ2v) is 7.83. The van der Waals surface area contributed by atoms with Crippen molar-refractivity contribution in [1.82, 2.24) is 9.80 Å². The lowest BCUT2D eigenvalue weighted by molar-refractivity contribution is -0.137. The van der Waals surface area contributed by atoms with Crippen molar-refractivity contribution in [3.8, 4) is 11.5 Å². The molecule has 0 radical (unpaired) electrons. The summed E-state index contributed by atoms with van der Waals surface area (Å²) in [7, 11) is 3.21. The number of hydrogen-bond donors (Lipinski definition) is 0. The third kappa shape index (κ3) is 4.15. The van der Waals surface area contributed by atoms with Crippen molar-refractivity contribution in [1.29, 1.82) is 0 Å². The normalized spacial score (nSPS) is 16.8. The zero-order chi connectivity index (χ0) is 21.8. The van der Waals surface area contributed by atoms with E-state index in [1.165, 1.54) is 4.90 Å². The topological polar surface area (TPSA) is 59.1 Å². The Morgan fingerprint density at radius 3 is 2.23 bits per heavy atom. The third-order valence-corrected chi connectivity index (χ3v) is 5.98. The van der Waals surface area contributed by atoms with Gasteiger partial charge in [-0.15, -0.1) is 0 Å². The fraction of sp³-hybridized carbons (Fsp3) is 0.360. The summed E-state index contributed by atoms with van der Waals surface area (Å²) >= 11 is 0. The number of carbonyl (C=O) groups excluding carboxylic acids is 2. The van der Waals surface area contributed by atoms with Crippen molar-refractivity contribution in [3.63, 3.8) is 0 Å². The van der Waals surface area contributed by atoms with E-state index in [4.69, 9.17) is 9.47 Å². The number of rotatable bonds is 7. The molecule has 0 unspecified atom stereocenters. The third-order valence-electron chi connectivity index (χ3n) is 5.98. The van der Waals surface area contributed by atoms with Gasteiger partial charge in [0.15, 0.2) is 0 Å². The van der Waals surface area contributed by atoms with Crippen LogP contribution in [0.3, 0.4) is 0 Å². The molecule has 0 aromatic heterocycles. The molecular formula is C25H28N2O4. The van der Waals surface area contributed by atoms with Crippen LogP contribution in [0.15, 0.2) is 54.2 Å². The number of carbonyl (C=O) groups is 2. The van der Waals surface area contributed by atoms with Crippen molar-refractivity contribution in [2.45, 2.75) is 25.7 Å². The summed E-state index contributed by atoms with van der Waals surface area (Å²) in [5.74, 6) is 0.930. The summed E-state index contributed by atoms with van der Waals surface area (Å²) < 4.78 is 10.7. The highest BCUT2D eigenvalue weighted by Crippen LogP contribution is 2.37. The first-order valence-corrected chi connectivity index (χ1v) is 10.8. The molecule has 0 atom stereocenters. The van der Waals surface area contributed by atoms with E-state index >= 15 is 0 Å². The summed E-state index contributed by atoms with van der Waals surface area (Å²) in [6.45, 7) is 1.92. The Morgan fingerprint density at radius 2 is 1.55 bits per heavy atom. The lowest BCUT2D eigenvalue weighted by Gasteiger charge is -2.29. The largest absolute Gasteiger partial charge is 0.497 e. The van der Waals surface area contributed by atoms with Crippen molar-refractivity contribution >= 4 is 17.4 Å². The fourth-order valence-electron chi connectivity index (χ4n) is 4.30. The van der Waals surface area contributed by atoms with Crippen LogP contribution in [0.25, 0.3) is 5.57 Å². The second kappa shape index (κ2) is 9.25. The predicted molar refractivity (Wildman–Crippen MR) is 119 cm³/mol. The van der Waals surface area contributed by atoms with Crippen LogP contribution in [0.2, 0.25) is 0 Å². The van der Waals surface area contributed by atoms with Gasteiger partial charge in [0.05, 0.1) is 19.8 Å². The predicted octanol–water partition coefficient (Wildman–Crippen LogP) is 3.51. The highest BCUT2D eigenvalue weighted by molar-refractivity contribution is 6.36. The minimum atomic E-state index is -0.247. The van der Waals surface area contributed by atoms with Gasteiger partial charge in [0.1, 0.15) is 17.2 Å². The second-order valence-electron chi connectivity index (χ2n) is 7.83. The van der Waals surface area contributed by atoms with Crippen LogP contribution >= 0.6 is 0 Å². The highest BCUT2D eigenvalue weighted by atomic mass is 16.5.